The Morgan fingerprint density at radius 1 is 1.40 bits per heavy atom. The molecule has 0 radical (unpaired) electrons. The number of rotatable bonds is 4. The van der Waals surface area contributed by atoms with Gasteiger partial charge < -0.3 is 14.8 Å². The highest BCUT2D eigenvalue weighted by Crippen LogP contribution is 2.19. The van der Waals surface area contributed by atoms with E-state index in [-0.39, 0.29) is 17.4 Å². The highest BCUT2D eigenvalue weighted by Gasteiger charge is 2.28. The molecular weight excluding hydrogens is 282 g/mol. The number of benzene rings is 1. The maximum atomic E-state index is 11.6. The molecule has 1 aliphatic rings. The fourth-order valence-corrected chi connectivity index (χ4v) is 3.93. The number of amides is 1. The Morgan fingerprint density at radius 3 is 2.80 bits per heavy atom. The van der Waals surface area contributed by atoms with Crippen LogP contribution in [0.15, 0.2) is 24.3 Å². The van der Waals surface area contributed by atoms with Crippen LogP contribution in [-0.2, 0) is 9.84 Å². The van der Waals surface area contributed by atoms with Crippen LogP contribution < -0.4 is 14.8 Å². The van der Waals surface area contributed by atoms with E-state index in [1.807, 2.05) is 0 Å². The van der Waals surface area contributed by atoms with E-state index < -0.39 is 15.9 Å². The molecule has 1 fully saturated rings. The number of carbonyl (C=O) groups excluding carboxylic acids is 1. The van der Waals surface area contributed by atoms with Crippen molar-refractivity contribution in [3.63, 3.8) is 0 Å². The lowest BCUT2D eigenvalue weighted by Crippen LogP contribution is -2.32. The predicted molar refractivity (Wildman–Crippen MR) is 73.8 cm³/mol. The third kappa shape index (κ3) is 4.12. The van der Waals surface area contributed by atoms with Gasteiger partial charge in [-0.15, -0.1) is 0 Å². The monoisotopic (exact) mass is 299 g/mol. The summed E-state index contributed by atoms with van der Waals surface area (Å²) < 4.78 is 32.7. The van der Waals surface area contributed by atoms with E-state index in [1.54, 1.807) is 24.3 Å². The first-order valence-corrected chi connectivity index (χ1v) is 8.11. The van der Waals surface area contributed by atoms with Crippen LogP contribution in [-0.4, -0.2) is 39.7 Å². The van der Waals surface area contributed by atoms with E-state index in [2.05, 4.69) is 5.32 Å². The van der Waals surface area contributed by atoms with Crippen LogP contribution in [0.5, 0.6) is 11.5 Å². The minimum absolute atomic E-state index is 0.0298. The molecule has 20 heavy (non-hydrogen) atoms. The molecule has 110 valence electrons. The minimum atomic E-state index is -2.92. The van der Waals surface area contributed by atoms with E-state index in [0.717, 1.165) is 0 Å². The summed E-state index contributed by atoms with van der Waals surface area (Å²) >= 11 is 0. The molecule has 1 amide bonds. The lowest BCUT2D eigenvalue weighted by molar-refractivity contribution is 0.198. The van der Waals surface area contributed by atoms with Crippen molar-refractivity contribution >= 4 is 15.9 Å². The highest BCUT2D eigenvalue weighted by atomic mass is 32.2. The van der Waals surface area contributed by atoms with Crippen molar-refractivity contribution in [2.24, 2.45) is 5.92 Å². The molecule has 0 saturated carbocycles. The largest absolute Gasteiger partial charge is 0.497 e. The van der Waals surface area contributed by atoms with Crippen molar-refractivity contribution < 1.29 is 22.7 Å². The Hall–Kier alpha value is -1.76. The average Bonchev–Trinajstić information content (AvgIpc) is 2.76. The zero-order valence-electron chi connectivity index (χ0n) is 11.2. The van der Waals surface area contributed by atoms with Crippen molar-refractivity contribution in [2.45, 2.75) is 6.42 Å². The second-order valence-corrected chi connectivity index (χ2v) is 6.95. The Bertz CT molecular complexity index is 584. The molecule has 7 heteroatoms. The summed E-state index contributed by atoms with van der Waals surface area (Å²) in [6, 6.07) is 6.70. The Kier molecular flexibility index (Phi) is 4.49. The predicted octanol–water partition coefficient (Wildman–Crippen LogP) is 1.22. The van der Waals surface area contributed by atoms with Gasteiger partial charge in [0.05, 0.1) is 18.6 Å². The first-order valence-electron chi connectivity index (χ1n) is 6.29. The molecule has 1 aliphatic heterocycles. The standard InChI is InChI=1S/C13H17NO5S/c1-18-11-3-2-4-12(7-11)19-13(15)14-8-10-5-6-20(16,17)9-10/h2-4,7,10H,5-6,8-9H2,1H3,(H,14,15). The summed E-state index contributed by atoms with van der Waals surface area (Å²) in [6.45, 7) is 0.308. The molecular formula is C13H17NO5S. The second kappa shape index (κ2) is 6.13. The van der Waals surface area contributed by atoms with Gasteiger partial charge in [-0.25, -0.2) is 13.2 Å². The topological polar surface area (TPSA) is 81.7 Å². The molecule has 1 aromatic carbocycles. The quantitative estimate of drug-likeness (QED) is 0.904. The van der Waals surface area contributed by atoms with E-state index in [1.165, 1.54) is 7.11 Å². The molecule has 1 aromatic rings. The average molecular weight is 299 g/mol. The van der Waals surface area contributed by atoms with Crippen LogP contribution in [0.2, 0.25) is 0 Å². The smallest absolute Gasteiger partial charge is 0.412 e. The molecule has 0 bridgehead atoms. The van der Waals surface area contributed by atoms with E-state index in [4.69, 9.17) is 9.47 Å². The van der Waals surface area contributed by atoms with Crippen LogP contribution in [0, 0.1) is 5.92 Å². The first kappa shape index (κ1) is 14.6. The van der Waals surface area contributed by atoms with Crippen LogP contribution in [0.1, 0.15) is 6.42 Å². The van der Waals surface area contributed by atoms with Gasteiger partial charge in [0.2, 0.25) is 0 Å². The highest BCUT2D eigenvalue weighted by molar-refractivity contribution is 7.91. The third-order valence-corrected chi connectivity index (χ3v) is 4.95. The van der Waals surface area contributed by atoms with Crippen LogP contribution >= 0.6 is 0 Å². The van der Waals surface area contributed by atoms with E-state index in [0.29, 0.717) is 24.5 Å². The van der Waals surface area contributed by atoms with Gasteiger partial charge in [-0.2, -0.15) is 0 Å². The number of methoxy groups -OCH3 is 1. The van der Waals surface area contributed by atoms with Gasteiger partial charge in [-0.3, -0.25) is 0 Å². The SMILES string of the molecule is COc1cccc(OC(=O)NCC2CCS(=O)(=O)C2)c1. The zero-order valence-corrected chi connectivity index (χ0v) is 12.0. The van der Waals surface area contributed by atoms with Gasteiger partial charge in [0.15, 0.2) is 9.84 Å². The number of ether oxygens (including phenoxy) is 2. The van der Waals surface area contributed by atoms with Gasteiger partial charge in [-0.1, -0.05) is 6.07 Å². The fourth-order valence-electron chi connectivity index (χ4n) is 2.07. The van der Waals surface area contributed by atoms with Crippen molar-refractivity contribution in [3.05, 3.63) is 24.3 Å². The zero-order chi connectivity index (χ0) is 14.6. The van der Waals surface area contributed by atoms with Crippen molar-refractivity contribution in [1.29, 1.82) is 0 Å². The maximum absolute atomic E-state index is 11.6. The first-order chi connectivity index (χ1) is 9.48. The summed E-state index contributed by atoms with van der Waals surface area (Å²) in [4.78, 5) is 11.6. The number of carbonyl (C=O) groups is 1. The number of sulfone groups is 1. The van der Waals surface area contributed by atoms with Gasteiger partial charge >= 0.3 is 6.09 Å². The normalized spacial score (nSPS) is 20.4. The number of hydrogen-bond donors (Lipinski definition) is 1. The van der Waals surface area contributed by atoms with Crippen LogP contribution in [0.4, 0.5) is 4.79 Å². The molecule has 0 aromatic heterocycles. The number of nitrogens with one attached hydrogen (secondary N) is 1. The summed E-state index contributed by atoms with van der Waals surface area (Å²) in [7, 11) is -1.39. The molecule has 2 rings (SSSR count). The van der Waals surface area contributed by atoms with E-state index in [9.17, 15) is 13.2 Å². The summed E-state index contributed by atoms with van der Waals surface area (Å²) in [5.74, 6) is 1.27. The van der Waals surface area contributed by atoms with E-state index >= 15 is 0 Å². The summed E-state index contributed by atoms with van der Waals surface area (Å²) in [6.07, 6.45) is -0.00977. The Labute approximate surface area is 118 Å². The molecule has 1 heterocycles. The van der Waals surface area contributed by atoms with Crippen molar-refractivity contribution in [3.8, 4) is 11.5 Å². The molecule has 1 saturated heterocycles. The van der Waals surface area contributed by atoms with Gasteiger partial charge in [0.25, 0.3) is 0 Å². The summed E-state index contributed by atoms with van der Waals surface area (Å²) in [5, 5.41) is 2.58. The summed E-state index contributed by atoms with van der Waals surface area (Å²) in [5.41, 5.74) is 0. The second-order valence-electron chi connectivity index (χ2n) is 4.72. The fraction of sp³-hybridized carbons (Fsp3) is 0.462. The molecule has 1 unspecified atom stereocenters. The van der Waals surface area contributed by atoms with Crippen molar-refractivity contribution in [2.75, 3.05) is 25.2 Å². The molecule has 0 aliphatic carbocycles. The lowest BCUT2D eigenvalue weighted by Gasteiger charge is -2.10. The van der Waals surface area contributed by atoms with Gasteiger partial charge in [0, 0.05) is 12.6 Å². The van der Waals surface area contributed by atoms with Gasteiger partial charge in [-0.05, 0) is 24.5 Å². The maximum Gasteiger partial charge on any atom is 0.412 e. The van der Waals surface area contributed by atoms with Crippen LogP contribution in [0.3, 0.4) is 0 Å². The molecule has 0 spiro atoms. The minimum Gasteiger partial charge on any atom is -0.497 e. The van der Waals surface area contributed by atoms with Crippen molar-refractivity contribution in [1.82, 2.24) is 5.32 Å². The Morgan fingerprint density at radius 2 is 2.15 bits per heavy atom. The molecule has 6 nitrogen and oxygen atoms in total. The molecule has 1 N–H and O–H groups in total. The Balaban J connectivity index is 1.81. The lowest BCUT2D eigenvalue weighted by atomic mass is 10.1. The van der Waals surface area contributed by atoms with Crippen LogP contribution in [0.25, 0.3) is 0 Å². The number of hydrogen-bond acceptors (Lipinski definition) is 5. The van der Waals surface area contributed by atoms with Gasteiger partial charge in [0.1, 0.15) is 11.5 Å². The molecule has 1 atom stereocenters. The third-order valence-electron chi connectivity index (χ3n) is 3.11.